The Morgan fingerprint density at radius 1 is 1.47 bits per heavy atom. The van der Waals surface area contributed by atoms with Crippen LogP contribution in [0.1, 0.15) is 25.6 Å². The molecule has 1 N–H and O–H groups in total. The minimum atomic E-state index is -4.66. The molecule has 3 nitrogen and oxygen atoms in total. The van der Waals surface area contributed by atoms with Crippen LogP contribution in [0.3, 0.4) is 0 Å². The first-order chi connectivity index (χ1) is 6.80. The average Bonchev–Trinajstić information content (AvgIpc) is 2.48. The fourth-order valence-corrected chi connectivity index (χ4v) is 1.17. The van der Waals surface area contributed by atoms with Gasteiger partial charge in [0.2, 0.25) is 0 Å². The fourth-order valence-electron chi connectivity index (χ4n) is 1.17. The number of aliphatic hydroxyl groups excluding tert-OH is 1. The number of hydrogen-bond acceptors (Lipinski definition) is 2. The topological polar surface area (TPSA) is 38.0 Å². The molecule has 0 aliphatic heterocycles. The van der Waals surface area contributed by atoms with E-state index in [1.54, 1.807) is 0 Å². The zero-order valence-corrected chi connectivity index (χ0v) is 8.49. The summed E-state index contributed by atoms with van der Waals surface area (Å²) in [7, 11) is 0. The van der Waals surface area contributed by atoms with Crippen molar-refractivity contribution >= 4 is 0 Å². The molecule has 0 aliphatic carbocycles. The second-order valence-corrected chi connectivity index (χ2v) is 3.80. The van der Waals surface area contributed by atoms with Crippen molar-refractivity contribution in [3.05, 3.63) is 18.0 Å². The summed E-state index contributed by atoms with van der Waals surface area (Å²) in [6, 6.07) is 1.18. The largest absolute Gasteiger partial charge is 0.420 e. The van der Waals surface area contributed by atoms with Crippen molar-refractivity contribution in [3.8, 4) is 0 Å². The summed E-state index contributed by atoms with van der Waals surface area (Å²) >= 11 is 0. The molecule has 1 atom stereocenters. The lowest BCUT2D eigenvalue weighted by molar-refractivity contribution is -0.208. The molecule has 0 saturated carbocycles. The molecule has 1 aromatic rings. The molecule has 6 heteroatoms. The molecular formula is C9H13F3N2O. The van der Waals surface area contributed by atoms with Gasteiger partial charge in [-0.05, 0) is 12.0 Å². The SMILES string of the molecule is CC(C)Cn1ccc([C@H](O)C(F)(F)F)n1. The van der Waals surface area contributed by atoms with Crippen LogP contribution in [0.4, 0.5) is 13.2 Å². The lowest BCUT2D eigenvalue weighted by Crippen LogP contribution is -2.21. The first-order valence-electron chi connectivity index (χ1n) is 4.59. The molecule has 15 heavy (non-hydrogen) atoms. The van der Waals surface area contributed by atoms with Crippen LogP contribution in [-0.4, -0.2) is 21.1 Å². The molecular weight excluding hydrogens is 209 g/mol. The van der Waals surface area contributed by atoms with E-state index >= 15 is 0 Å². The Bertz CT molecular complexity index is 319. The highest BCUT2D eigenvalue weighted by Gasteiger charge is 2.40. The maximum atomic E-state index is 12.1. The highest BCUT2D eigenvalue weighted by molar-refractivity contribution is 5.05. The van der Waals surface area contributed by atoms with E-state index in [0.717, 1.165) is 0 Å². The molecule has 1 aromatic heterocycles. The zero-order valence-electron chi connectivity index (χ0n) is 8.49. The van der Waals surface area contributed by atoms with Crippen LogP contribution in [-0.2, 0) is 6.54 Å². The Labute approximate surface area is 85.5 Å². The van der Waals surface area contributed by atoms with E-state index in [0.29, 0.717) is 12.5 Å². The molecule has 0 spiro atoms. The first-order valence-corrected chi connectivity index (χ1v) is 4.59. The van der Waals surface area contributed by atoms with Gasteiger partial charge in [0.1, 0.15) is 5.69 Å². The van der Waals surface area contributed by atoms with Crippen LogP contribution in [0.25, 0.3) is 0 Å². The molecule has 86 valence electrons. The van der Waals surface area contributed by atoms with Gasteiger partial charge in [-0.25, -0.2) is 0 Å². The summed E-state index contributed by atoms with van der Waals surface area (Å²) in [5.41, 5.74) is -0.358. The Morgan fingerprint density at radius 3 is 2.53 bits per heavy atom. The summed E-state index contributed by atoms with van der Waals surface area (Å²) in [4.78, 5) is 0. The van der Waals surface area contributed by atoms with Crippen LogP contribution in [0.5, 0.6) is 0 Å². The minimum Gasteiger partial charge on any atom is -0.378 e. The molecule has 0 unspecified atom stereocenters. The monoisotopic (exact) mass is 222 g/mol. The molecule has 0 radical (unpaired) electrons. The van der Waals surface area contributed by atoms with E-state index in [1.807, 2.05) is 13.8 Å². The lowest BCUT2D eigenvalue weighted by atomic mass is 10.2. The number of aliphatic hydroxyl groups is 1. The third kappa shape index (κ3) is 3.23. The van der Waals surface area contributed by atoms with Gasteiger partial charge in [-0.3, -0.25) is 4.68 Å². The van der Waals surface area contributed by atoms with Gasteiger partial charge in [0, 0.05) is 12.7 Å². The van der Waals surface area contributed by atoms with Gasteiger partial charge < -0.3 is 5.11 Å². The predicted octanol–water partition coefficient (Wildman–Crippen LogP) is 2.13. The third-order valence-corrected chi connectivity index (χ3v) is 1.80. The number of nitrogens with zero attached hydrogens (tertiary/aromatic N) is 2. The molecule has 0 amide bonds. The summed E-state index contributed by atoms with van der Waals surface area (Å²) in [5.74, 6) is 0.292. The van der Waals surface area contributed by atoms with E-state index < -0.39 is 12.3 Å². The van der Waals surface area contributed by atoms with E-state index in [9.17, 15) is 13.2 Å². The number of halogens is 3. The number of alkyl halides is 3. The highest BCUT2D eigenvalue weighted by atomic mass is 19.4. The zero-order chi connectivity index (χ0) is 11.6. The van der Waals surface area contributed by atoms with Crippen molar-refractivity contribution in [3.63, 3.8) is 0 Å². The first kappa shape index (κ1) is 12.0. The van der Waals surface area contributed by atoms with Gasteiger partial charge in [-0.15, -0.1) is 0 Å². The van der Waals surface area contributed by atoms with E-state index in [1.165, 1.54) is 16.9 Å². The lowest BCUT2D eigenvalue weighted by Gasteiger charge is -2.11. The van der Waals surface area contributed by atoms with Crippen molar-refractivity contribution in [2.24, 2.45) is 5.92 Å². The smallest absolute Gasteiger partial charge is 0.378 e. The van der Waals surface area contributed by atoms with Crippen LogP contribution in [0, 0.1) is 5.92 Å². The molecule has 0 fully saturated rings. The molecule has 0 bridgehead atoms. The molecule has 1 rings (SSSR count). The summed E-state index contributed by atoms with van der Waals surface area (Å²) in [5, 5.41) is 12.6. The van der Waals surface area contributed by atoms with Gasteiger partial charge in [-0.2, -0.15) is 18.3 Å². The van der Waals surface area contributed by atoms with Crippen molar-refractivity contribution < 1.29 is 18.3 Å². The Hall–Kier alpha value is -1.04. The normalized spacial score (nSPS) is 14.6. The number of aromatic nitrogens is 2. The van der Waals surface area contributed by atoms with Crippen molar-refractivity contribution in [1.82, 2.24) is 9.78 Å². The molecule has 0 aliphatic rings. The standard InChI is InChI=1S/C9H13F3N2O/c1-6(2)5-14-4-3-7(13-14)8(15)9(10,11)12/h3-4,6,8,15H,5H2,1-2H3/t8-/m0/s1. The summed E-state index contributed by atoms with van der Waals surface area (Å²) in [6.07, 6.45) is -5.72. The van der Waals surface area contributed by atoms with Crippen molar-refractivity contribution in [2.75, 3.05) is 0 Å². The Morgan fingerprint density at radius 2 is 2.07 bits per heavy atom. The quantitative estimate of drug-likeness (QED) is 0.850. The molecule has 1 heterocycles. The van der Waals surface area contributed by atoms with Crippen LogP contribution in [0.2, 0.25) is 0 Å². The second-order valence-electron chi connectivity index (χ2n) is 3.80. The van der Waals surface area contributed by atoms with Gasteiger partial charge >= 0.3 is 6.18 Å². The van der Waals surface area contributed by atoms with Crippen LogP contribution < -0.4 is 0 Å². The number of hydrogen-bond donors (Lipinski definition) is 1. The number of rotatable bonds is 3. The van der Waals surface area contributed by atoms with Crippen molar-refractivity contribution in [2.45, 2.75) is 32.7 Å². The minimum absolute atomic E-state index is 0.292. The summed E-state index contributed by atoms with van der Waals surface area (Å²) < 4.78 is 37.7. The average molecular weight is 222 g/mol. The maximum absolute atomic E-state index is 12.1. The summed E-state index contributed by atoms with van der Waals surface area (Å²) in [6.45, 7) is 4.40. The van der Waals surface area contributed by atoms with E-state index in [2.05, 4.69) is 5.10 Å². The van der Waals surface area contributed by atoms with Crippen LogP contribution >= 0.6 is 0 Å². The second kappa shape index (κ2) is 4.22. The maximum Gasteiger partial charge on any atom is 0.420 e. The molecule has 0 aromatic carbocycles. The van der Waals surface area contributed by atoms with Gasteiger partial charge in [0.25, 0.3) is 0 Å². The van der Waals surface area contributed by atoms with Crippen molar-refractivity contribution in [1.29, 1.82) is 0 Å². The molecule has 0 saturated heterocycles. The van der Waals surface area contributed by atoms with Gasteiger partial charge in [0.15, 0.2) is 6.10 Å². The Balaban J connectivity index is 2.76. The van der Waals surface area contributed by atoms with Gasteiger partial charge in [0.05, 0.1) is 0 Å². The van der Waals surface area contributed by atoms with E-state index in [4.69, 9.17) is 5.11 Å². The van der Waals surface area contributed by atoms with Gasteiger partial charge in [-0.1, -0.05) is 13.8 Å². The fraction of sp³-hybridized carbons (Fsp3) is 0.667. The predicted molar refractivity (Wildman–Crippen MR) is 48.1 cm³/mol. The van der Waals surface area contributed by atoms with Crippen LogP contribution in [0.15, 0.2) is 12.3 Å². The third-order valence-electron chi connectivity index (χ3n) is 1.80. The Kier molecular flexibility index (Phi) is 3.38. The van der Waals surface area contributed by atoms with E-state index in [-0.39, 0.29) is 5.69 Å². The highest BCUT2D eigenvalue weighted by Crippen LogP contribution is 2.31.